The highest BCUT2D eigenvalue weighted by Gasteiger charge is 2.20. The summed E-state index contributed by atoms with van der Waals surface area (Å²) in [5.74, 6) is 1.24. The summed E-state index contributed by atoms with van der Waals surface area (Å²) in [7, 11) is 3.92. The van der Waals surface area contributed by atoms with Crippen LogP contribution in [-0.4, -0.2) is 64.5 Å². The third-order valence-corrected chi connectivity index (χ3v) is 5.26. The predicted octanol–water partition coefficient (Wildman–Crippen LogP) is 2.59. The summed E-state index contributed by atoms with van der Waals surface area (Å²) in [5.41, 5.74) is 2.78. The van der Waals surface area contributed by atoms with Crippen LogP contribution in [0.3, 0.4) is 0 Å². The van der Waals surface area contributed by atoms with Crippen molar-refractivity contribution in [3.05, 3.63) is 40.4 Å². The van der Waals surface area contributed by atoms with E-state index < -0.39 is 0 Å². The second-order valence-electron chi connectivity index (χ2n) is 6.89. The molecule has 0 radical (unpaired) electrons. The molecule has 0 fully saturated rings. The van der Waals surface area contributed by atoms with E-state index in [0.717, 1.165) is 30.2 Å². The normalized spacial score (nSPS) is 12.7. The summed E-state index contributed by atoms with van der Waals surface area (Å²) < 4.78 is 0.616. The molecule has 1 aliphatic heterocycles. The second-order valence-corrected chi connectivity index (χ2v) is 7.68. The van der Waals surface area contributed by atoms with Crippen LogP contribution >= 0.6 is 15.9 Å². The number of nitrogens with zero attached hydrogens (tertiary/aromatic N) is 4. The zero-order valence-electron chi connectivity index (χ0n) is 16.1. The average molecular weight is 457 g/mol. The molecule has 1 amide bonds. The van der Waals surface area contributed by atoms with Crippen LogP contribution in [0, 0.1) is 0 Å². The molecule has 4 heterocycles. The third-order valence-electron chi connectivity index (χ3n) is 4.47. The number of hydrogen-bond donors (Lipinski definition) is 4. The zero-order valence-corrected chi connectivity index (χ0v) is 17.7. The van der Waals surface area contributed by atoms with E-state index in [2.05, 4.69) is 51.8 Å². The van der Waals surface area contributed by atoms with Crippen molar-refractivity contribution in [1.82, 2.24) is 30.2 Å². The zero-order chi connectivity index (χ0) is 20.4. The van der Waals surface area contributed by atoms with Crippen LogP contribution in [0.4, 0.5) is 17.3 Å². The average Bonchev–Trinajstić information content (AvgIpc) is 3.05. The number of carbonyl (C=O) groups is 1. The molecule has 0 spiro atoms. The lowest BCUT2D eigenvalue weighted by molar-refractivity contribution is 0.0946. The number of likely N-dealkylation sites (N-methyl/N-ethyl adjacent to an activating group) is 1. The van der Waals surface area contributed by atoms with E-state index in [1.807, 2.05) is 37.2 Å². The van der Waals surface area contributed by atoms with Gasteiger partial charge in [0, 0.05) is 25.2 Å². The number of halogens is 1. The smallest absolute Gasteiger partial charge is 0.269 e. The number of rotatable bonds is 6. The second kappa shape index (κ2) is 8.18. The van der Waals surface area contributed by atoms with E-state index in [-0.39, 0.29) is 5.91 Å². The molecule has 0 bridgehead atoms. The van der Waals surface area contributed by atoms with E-state index >= 15 is 0 Å². The molecule has 4 N–H and O–H groups in total. The van der Waals surface area contributed by atoms with Crippen molar-refractivity contribution in [2.75, 3.05) is 44.4 Å². The molecule has 0 unspecified atom stereocenters. The Morgan fingerprint density at radius 1 is 1.31 bits per heavy atom. The number of pyridine rings is 1. The Bertz CT molecular complexity index is 1090. The van der Waals surface area contributed by atoms with Gasteiger partial charge in [-0.25, -0.2) is 15.0 Å². The van der Waals surface area contributed by atoms with Gasteiger partial charge in [-0.1, -0.05) is 12.2 Å². The summed E-state index contributed by atoms with van der Waals surface area (Å²) in [6.07, 6.45) is 7.27. The third kappa shape index (κ3) is 4.08. The number of carbonyl (C=O) groups excluding carboxylic acids is 1. The lowest BCUT2D eigenvalue weighted by Gasteiger charge is -2.13. The summed E-state index contributed by atoms with van der Waals surface area (Å²) in [6, 6.07) is 1.99. The molecule has 3 aromatic rings. The SMILES string of the molecule is CN(C)CCNC(=O)c1[nH]c2ncnc(Nc3cnc4c(c3)C=CCN4)c2c1Br. The number of aromatic nitrogens is 4. The fraction of sp³-hybridized carbons (Fsp3) is 0.263. The van der Waals surface area contributed by atoms with Gasteiger partial charge >= 0.3 is 0 Å². The molecule has 0 aromatic carbocycles. The van der Waals surface area contributed by atoms with Crippen molar-refractivity contribution in [1.29, 1.82) is 0 Å². The first-order chi connectivity index (χ1) is 14.0. The van der Waals surface area contributed by atoms with Gasteiger partial charge in [0.25, 0.3) is 5.91 Å². The summed E-state index contributed by atoms with van der Waals surface area (Å²) in [6.45, 7) is 2.08. The largest absolute Gasteiger partial charge is 0.366 e. The number of fused-ring (bicyclic) bond motifs is 2. The van der Waals surface area contributed by atoms with Crippen molar-refractivity contribution >= 4 is 56.3 Å². The monoisotopic (exact) mass is 456 g/mol. The maximum absolute atomic E-state index is 12.6. The Kier molecular flexibility index (Phi) is 5.45. The van der Waals surface area contributed by atoms with Crippen molar-refractivity contribution in [3.8, 4) is 0 Å². The first-order valence-corrected chi connectivity index (χ1v) is 9.95. The number of amides is 1. The summed E-state index contributed by atoms with van der Waals surface area (Å²) >= 11 is 3.54. The Hall–Kier alpha value is -2.98. The van der Waals surface area contributed by atoms with Gasteiger partial charge in [-0.2, -0.15) is 0 Å². The highest BCUT2D eigenvalue weighted by molar-refractivity contribution is 9.10. The fourth-order valence-corrected chi connectivity index (χ4v) is 3.68. The maximum atomic E-state index is 12.6. The summed E-state index contributed by atoms with van der Waals surface area (Å²) in [4.78, 5) is 30.7. The van der Waals surface area contributed by atoms with Crippen LogP contribution in [0.15, 0.2) is 29.1 Å². The van der Waals surface area contributed by atoms with Crippen molar-refractivity contribution < 1.29 is 4.79 Å². The van der Waals surface area contributed by atoms with Gasteiger partial charge in [-0.15, -0.1) is 0 Å². The minimum atomic E-state index is -0.200. The van der Waals surface area contributed by atoms with Gasteiger partial charge in [0.15, 0.2) is 0 Å². The van der Waals surface area contributed by atoms with Gasteiger partial charge < -0.3 is 25.8 Å². The number of H-pyrrole nitrogens is 1. The molecular formula is C19H21BrN8O. The highest BCUT2D eigenvalue weighted by atomic mass is 79.9. The Morgan fingerprint density at radius 3 is 3.00 bits per heavy atom. The van der Waals surface area contributed by atoms with E-state index in [9.17, 15) is 4.79 Å². The van der Waals surface area contributed by atoms with Gasteiger partial charge in [0.05, 0.1) is 21.7 Å². The fourth-order valence-electron chi connectivity index (χ4n) is 3.02. The number of nitrogens with one attached hydrogen (secondary N) is 4. The van der Waals surface area contributed by atoms with Gasteiger partial charge in [-0.3, -0.25) is 4.79 Å². The van der Waals surface area contributed by atoms with Crippen LogP contribution < -0.4 is 16.0 Å². The van der Waals surface area contributed by atoms with Gasteiger partial charge in [0.1, 0.15) is 29.3 Å². The van der Waals surface area contributed by atoms with Crippen LogP contribution in [-0.2, 0) is 0 Å². The van der Waals surface area contributed by atoms with Crippen LogP contribution in [0.5, 0.6) is 0 Å². The van der Waals surface area contributed by atoms with Crippen LogP contribution in [0.2, 0.25) is 0 Å². The van der Waals surface area contributed by atoms with Crippen LogP contribution in [0.25, 0.3) is 17.1 Å². The minimum absolute atomic E-state index is 0.200. The molecule has 3 aromatic heterocycles. The molecule has 10 heteroatoms. The molecule has 1 aliphatic rings. The topological polar surface area (TPSA) is 111 Å². The van der Waals surface area contributed by atoms with Crippen molar-refractivity contribution in [3.63, 3.8) is 0 Å². The van der Waals surface area contributed by atoms with E-state index in [0.29, 0.717) is 33.6 Å². The van der Waals surface area contributed by atoms with Gasteiger partial charge in [0.2, 0.25) is 0 Å². The predicted molar refractivity (Wildman–Crippen MR) is 118 cm³/mol. The Labute approximate surface area is 176 Å². The lowest BCUT2D eigenvalue weighted by Crippen LogP contribution is -2.31. The molecule has 0 saturated heterocycles. The summed E-state index contributed by atoms with van der Waals surface area (Å²) in [5, 5.41) is 10.1. The maximum Gasteiger partial charge on any atom is 0.269 e. The highest BCUT2D eigenvalue weighted by Crippen LogP contribution is 2.33. The van der Waals surface area contributed by atoms with Crippen LogP contribution in [0.1, 0.15) is 16.1 Å². The number of aromatic amines is 1. The Balaban J connectivity index is 1.62. The molecule has 4 rings (SSSR count). The number of hydrogen-bond acceptors (Lipinski definition) is 7. The van der Waals surface area contributed by atoms with Crippen molar-refractivity contribution in [2.45, 2.75) is 0 Å². The standard InChI is InChI=1S/C19H21BrN8O/c1-28(2)7-6-22-19(29)15-14(20)13-17(24-10-25-18(13)27-15)26-12-8-11-4-3-5-21-16(11)23-9-12/h3-4,8-10H,5-7H2,1-2H3,(H,21,23)(H,22,29)(H2,24,25,26,27). The molecule has 0 atom stereocenters. The molecule has 0 aliphatic carbocycles. The molecule has 29 heavy (non-hydrogen) atoms. The van der Waals surface area contributed by atoms with Crippen molar-refractivity contribution in [2.24, 2.45) is 0 Å². The first kappa shape index (κ1) is 19.3. The van der Waals surface area contributed by atoms with E-state index in [4.69, 9.17) is 0 Å². The molecular weight excluding hydrogens is 436 g/mol. The van der Waals surface area contributed by atoms with E-state index in [1.54, 1.807) is 6.20 Å². The Morgan fingerprint density at radius 2 is 2.17 bits per heavy atom. The lowest BCUT2D eigenvalue weighted by atomic mass is 10.2. The first-order valence-electron chi connectivity index (χ1n) is 9.15. The minimum Gasteiger partial charge on any atom is -0.366 e. The molecule has 0 saturated carbocycles. The molecule has 9 nitrogen and oxygen atoms in total. The number of anilines is 3. The quantitative estimate of drug-likeness (QED) is 0.450. The molecule has 150 valence electrons. The van der Waals surface area contributed by atoms with E-state index in [1.165, 1.54) is 6.33 Å². The van der Waals surface area contributed by atoms with Gasteiger partial charge in [-0.05, 0) is 36.1 Å².